The Balaban J connectivity index is 1.58. The highest BCUT2D eigenvalue weighted by Gasteiger charge is 2.31. The monoisotopic (exact) mass is 408 g/mol. The van der Waals surface area contributed by atoms with Crippen LogP contribution in [0.2, 0.25) is 0 Å². The number of nitrogens with one attached hydrogen (secondary N) is 1. The molecule has 0 aliphatic carbocycles. The molecule has 5 rings (SSSR count). The summed E-state index contributed by atoms with van der Waals surface area (Å²) in [7, 11) is 0. The minimum absolute atomic E-state index is 0.104. The van der Waals surface area contributed by atoms with E-state index in [1.54, 1.807) is 19.9 Å². The molecule has 1 unspecified atom stereocenters. The van der Waals surface area contributed by atoms with Crippen molar-refractivity contribution in [3.05, 3.63) is 52.7 Å². The molecule has 0 saturated heterocycles. The number of benzene rings is 1. The van der Waals surface area contributed by atoms with Gasteiger partial charge in [0.15, 0.2) is 5.82 Å². The Bertz CT molecular complexity index is 1200. The first-order chi connectivity index (χ1) is 14.4. The topological polar surface area (TPSA) is 125 Å². The van der Waals surface area contributed by atoms with Gasteiger partial charge in [-0.05, 0) is 24.6 Å². The molecule has 0 bridgehead atoms. The number of halogens is 1. The van der Waals surface area contributed by atoms with E-state index in [1.165, 1.54) is 18.3 Å². The second-order valence-electron chi connectivity index (χ2n) is 7.12. The molecule has 2 aromatic heterocycles. The third-order valence-corrected chi connectivity index (χ3v) is 5.04. The van der Waals surface area contributed by atoms with Crippen molar-refractivity contribution >= 4 is 11.9 Å². The van der Waals surface area contributed by atoms with E-state index in [4.69, 9.17) is 15.2 Å². The summed E-state index contributed by atoms with van der Waals surface area (Å²) >= 11 is 0. The number of hydrogen-bond donors (Lipinski definition) is 2. The molecule has 2 aliphatic heterocycles. The van der Waals surface area contributed by atoms with Crippen molar-refractivity contribution in [2.24, 2.45) is 0 Å². The SMILES string of the molecule is Cc1nc(N)nc2c1C(=O)N[C@@H](c1ccc(F)cc1-c1ncc3c(n1)OC(C)O3)C2. The van der Waals surface area contributed by atoms with Crippen LogP contribution in [-0.4, -0.2) is 32.1 Å². The fourth-order valence-electron chi connectivity index (χ4n) is 3.80. The zero-order valence-electron chi connectivity index (χ0n) is 16.1. The lowest BCUT2D eigenvalue weighted by Crippen LogP contribution is -2.37. The Morgan fingerprint density at radius 2 is 2.07 bits per heavy atom. The normalized spacial score (nSPS) is 19.4. The molecule has 10 heteroatoms. The molecule has 0 saturated carbocycles. The molecule has 3 N–H and O–H groups in total. The van der Waals surface area contributed by atoms with Crippen molar-refractivity contribution in [3.63, 3.8) is 0 Å². The highest BCUT2D eigenvalue weighted by molar-refractivity contribution is 5.98. The van der Waals surface area contributed by atoms with Crippen molar-refractivity contribution < 1.29 is 18.7 Å². The zero-order valence-corrected chi connectivity index (χ0v) is 16.1. The number of carbonyl (C=O) groups excluding carboxylic acids is 1. The Morgan fingerprint density at radius 3 is 2.90 bits per heavy atom. The number of ether oxygens (including phenoxy) is 2. The van der Waals surface area contributed by atoms with Crippen LogP contribution in [0.4, 0.5) is 10.3 Å². The van der Waals surface area contributed by atoms with Crippen molar-refractivity contribution in [2.45, 2.75) is 32.6 Å². The minimum Gasteiger partial charge on any atom is -0.448 e. The minimum atomic E-state index is -0.473. The smallest absolute Gasteiger partial charge is 0.264 e. The molecule has 2 atom stereocenters. The van der Waals surface area contributed by atoms with Gasteiger partial charge in [-0.2, -0.15) is 4.98 Å². The number of aromatic nitrogens is 4. The van der Waals surface area contributed by atoms with Crippen LogP contribution in [0.3, 0.4) is 0 Å². The van der Waals surface area contributed by atoms with Crippen LogP contribution in [0.25, 0.3) is 11.4 Å². The average molecular weight is 408 g/mol. The number of hydrogen-bond acceptors (Lipinski definition) is 8. The lowest BCUT2D eigenvalue weighted by atomic mass is 9.91. The first-order valence-corrected chi connectivity index (χ1v) is 9.33. The molecular formula is C20H17FN6O3. The van der Waals surface area contributed by atoms with E-state index < -0.39 is 18.1 Å². The van der Waals surface area contributed by atoms with Crippen molar-refractivity contribution in [1.82, 2.24) is 25.3 Å². The summed E-state index contributed by atoms with van der Waals surface area (Å²) in [4.78, 5) is 29.7. The second-order valence-corrected chi connectivity index (χ2v) is 7.12. The predicted octanol–water partition coefficient (Wildman–Crippen LogP) is 2.11. The molecule has 1 aromatic carbocycles. The number of nitrogen functional groups attached to an aromatic ring is 1. The molecule has 0 radical (unpaired) electrons. The standard InChI is InChI=1S/C20H17FN6O3/c1-8-16-14(26-20(22)24-8)6-13(25-18(16)28)11-4-3-10(21)5-12(11)17-23-7-15-19(27-17)30-9(2)29-15/h3-5,7,9,13H,6H2,1-2H3,(H,25,28)(H2,22,24,26)/t9?,13-/m1/s1. The lowest BCUT2D eigenvalue weighted by molar-refractivity contribution is 0.0656. The Kier molecular flexibility index (Phi) is 4.02. The Labute approximate surface area is 170 Å². The van der Waals surface area contributed by atoms with Crippen LogP contribution < -0.4 is 20.5 Å². The highest BCUT2D eigenvalue weighted by atomic mass is 19.1. The van der Waals surface area contributed by atoms with Gasteiger partial charge in [-0.25, -0.2) is 19.3 Å². The molecule has 1 amide bonds. The molecule has 0 fully saturated rings. The van der Waals surface area contributed by atoms with E-state index in [-0.39, 0.29) is 23.6 Å². The van der Waals surface area contributed by atoms with Crippen molar-refractivity contribution in [1.29, 1.82) is 0 Å². The number of fused-ring (bicyclic) bond motifs is 2. The summed E-state index contributed by atoms with van der Waals surface area (Å²) in [6.45, 7) is 3.45. The highest BCUT2D eigenvalue weighted by Crippen LogP contribution is 2.36. The van der Waals surface area contributed by atoms with Gasteiger partial charge in [0.25, 0.3) is 11.8 Å². The van der Waals surface area contributed by atoms with Gasteiger partial charge in [0.2, 0.25) is 18.0 Å². The quantitative estimate of drug-likeness (QED) is 0.660. The van der Waals surface area contributed by atoms with Gasteiger partial charge in [0, 0.05) is 18.9 Å². The first-order valence-electron chi connectivity index (χ1n) is 9.33. The molecule has 3 aromatic rings. The van der Waals surface area contributed by atoms with Crippen LogP contribution in [0.1, 0.15) is 40.3 Å². The maximum atomic E-state index is 14.1. The number of nitrogens with zero attached hydrogens (tertiary/aromatic N) is 4. The van der Waals surface area contributed by atoms with Crippen molar-refractivity contribution in [3.8, 4) is 23.0 Å². The summed E-state index contributed by atoms with van der Waals surface area (Å²) in [5.74, 6) is 0.318. The third-order valence-electron chi connectivity index (χ3n) is 5.04. The third kappa shape index (κ3) is 2.97. The summed E-state index contributed by atoms with van der Waals surface area (Å²) in [5.41, 5.74) is 8.33. The van der Waals surface area contributed by atoms with E-state index in [0.29, 0.717) is 40.2 Å². The molecule has 4 heterocycles. The molecule has 152 valence electrons. The summed E-state index contributed by atoms with van der Waals surface area (Å²) in [6, 6.07) is 3.80. The largest absolute Gasteiger partial charge is 0.448 e. The van der Waals surface area contributed by atoms with Crippen LogP contribution in [-0.2, 0) is 6.42 Å². The summed E-state index contributed by atoms with van der Waals surface area (Å²) in [6.07, 6.45) is 1.38. The Hall–Kier alpha value is -3.82. The number of amides is 1. The van der Waals surface area contributed by atoms with Gasteiger partial charge in [0.1, 0.15) is 5.82 Å². The fraction of sp³-hybridized carbons (Fsp3) is 0.250. The summed E-state index contributed by atoms with van der Waals surface area (Å²) < 4.78 is 25.1. The zero-order chi connectivity index (χ0) is 21.0. The van der Waals surface area contributed by atoms with Crippen LogP contribution in [0.15, 0.2) is 24.4 Å². The number of anilines is 1. The first kappa shape index (κ1) is 18.2. The predicted molar refractivity (Wildman–Crippen MR) is 103 cm³/mol. The van der Waals surface area contributed by atoms with Crippen LogP contribution in [0.5, 0.6) is 11.6 Å². The van der Waals surface area contributed by atoms with Gasteiger partial charge < -0.3 is 20.5 Å². The van der Waals surface area contributed by atoms with Gasteiger partial charge in [0.05, 0.1) is 29.2 Å². The van der Waals surface area contributed by atoms with Crippen LogP contribution >= 0.6 is 0 Å². The number of nitrogens with two attached hydrogens (primary N) is 1. The van der Waals surface area contributed by atoms with Crippen LogP contribution in [0, 0.1) is 12.7 Å². The molecule has 2 aliphatic rings. The molecule has 30 heavy (non-hydrogen) atoms. The number of aryl methyl sites for hydroxylation is 1. The number of carbonyl (C=O) groups is 1. The fourth-order valence-corrected chi connectivity index (χ4v) is 3.80. The summed E-state index contributed by atoms with van der Waals surface area (Å²) in [5, 5.41) is 2.94. The lowest BCUT2D eigenvalue weighted by Gasteiger charge is -2.27. The van der Waals surface area contributed by atoms with E-state index in [1.807, 2.05) is 0 Å². The van der Waals surface area contributed by atoms with Gasteiger partial charge in [-0.1, -0.05) is 6.07 Å². The Morgan fingerprint density at radius 1 is 1.23 bits per heavy atom. The molecule has 0 spiro atoms. The van der Waals surface area contributed by atoms with E-state index >= 15 is 0 Å². The van der Waals surface area contributed by atoms with Gasteiger partial charge >= 0.3 is 0 Å². The van der Waals surface area contributed by atoms with E-state index in [9.17, 15) is 9.18 Å². The van der Waals surface area contributed by atoms with Gasteiger partial charge in [-0.3, -0.25) is 4.79 Å². The molecule has 9 nitrogen and oxygen atoms in total. The molecular weight excluding hydrogens is 391 g/mol. The van der Waals surface area contributed by atoms with Gasteiger partial charge in [-0.15, -0.1) is 0 Å². The maximum Gasteiger partial charge on any atom is 0.264 e. The van der Waals surface area contributed by atoms with E-state index in [0.717, 1.165) is 0 Å². The number of rotatable bonds is 2. The second kappa shape index (κ2) is 6.61. The van der Waals surface area contributed by atoms with Crippen molar-refractivity contribution in [2.75, 3.05) is 5.73 Å². The van der Waals surface area contributed by atoms with E-state index in [2.05, 4.69) is 25.3 Å². The maximum absolute atomic E-state index is 14.1. The average Bonchev–Trinajstić information content (AvgIpc) is 3.06.